The van der Waals surface area contributed by atoms with Crippen LogP contribution in [0, 0.1) is 5.92 Å². The second kappa shape index (κ2) is 23.8. The molecule has 1 aromatic carbocycles. The normalized spacial score (nSPS) is 16.3. The lowest BCUT2D eigenvalue weighted by Crippen LogP contribution is -2.59. The van der Waals surface area contributed by atoms with Gasteiger partial charge in [0, 0.05) is 37.7 Å². The third-order valence-electron chi connectivity index (χ3n) is 9.87. The summed E-state index contributed by atoms with van der Waals surface area (Å²) in [5.74, 6) is -10.8. The summed E-state index contributed by atoms with van der Waals surface area (Å²) in [5, 5.41) is 51.9. The van der Waals surface area contributed by atoms with Gasteiger partial charge < -0.3 is 67.9 Å². The van der Waals surface area contributed by atoms with Crippen molar-refractivity contribution in [2.75, 3.05) is 13.1 Å². The van der Waals surface area contributed by atoms with Gasteiger partial charge >= 0.3 is 17.9 Å². The van der Waals surface area contributed by atoms with Crippen molar-refractivity contribution in [3.05, 3.63) is 48.0 Å². The third kappa shape index (κ3) is 16.0. The van der Waals surface area contributed by atoms with Crippen LogP contribution in [0.25, 0.3) is 0 Å². The van der Waals surface area contributed by atoms with E-state index in [1.54, 1.807) is 13.8 Å². The maximum absolute atomic E-state index is 13.6. The number of aromatic hydroxyl groups is 1. The molecule has 7 atom stereocenters. The summed E-state index contributed by atoms with van der Waals surface area (Å²) >= 11 is 0. The maximum Gasteiger partial charge on any atom is 0.326 e. The number of rotatable bonds is 24. The molecular weight excluding hydrogens is 832 g/mol. The van der Waals surface area contributed by atoms with Crippen molar-refractivity contribution in [3.63, 3.8) is 0 Å². The molecule has 344 valence electrons. The number of imidazole rings is 1. The molecule has 2 heterocycles. The molecule has 1 aliphatic heterocycles. The van der Waals surface area contributed by atoms with Crippen molar-refractivity contribution in [3.8, 4) is 5.75 Å². The second-order valence-electron chi connectivity index (χ2n) is 15.2. The van der Waals surface area contributed by atoms with Gasteiger partial charge in [0.25, 0.3) is 0 Å². The number of phenols is 1. The first-order chi connectivity index (χ1) is 29.7. The van der Waals surface area contributed by atoms with Crippen molar-refractivity contribution in [2.24, 2.45) is 11.7 Å². The standard InChI is InChI=1S/C39H54N10O14/c1-19(2)32(37(60)42-17-29(51)45-26(13-21-6-8-23(50)9-7-21)35(58)46-25(39(62)63)10-11-30(52)53)48-36(59)28-5-4-12-49(28)38(61)20(3)44-34(57)27(15-31(54)55)47-33(56)24(40)14-22-16-41-18-43-22/h6-9,16,18-20,24-28,32,50H,4-5,10-15,17,40H2,1-3H3,(H,41,43)(H,42,60)(H,44,57)(H,45,51)(H,46,58)(H,47,56)(H,48,59)(H,52,53)(H,54,55)(H,62,63)/t20-,24-,25-,26-,27-,28-,32-/m0/s1. The van der Waals surface area contributed by atoms with Crippen LogP contribution in [0.15, 0.2) is 36.8 Å². The van der Waals surface area contributed by atoms with E-state index in [0.717, 1.165) is 0 Å². The Balaban J connectivity index is 1.63. The van der Waals surface area contributed by atoms with E-state index in [9.17, 15) is 63.3 Å². The van der Waals surface area contributed by atoms with Crippen LogP contribution in [0.3, 0.4) is 0 Å². The molecule has 24 nitrogen and oxygen atoms in total. The Morgan fingerprint density at radius 2 is 1.46 bits per heavy atom. The van der Waals surface area contributed by atoms with Crippen LogP contribution in [0.5, 0.6) is 5.75 Å². The minimum absolute atomic E-state index is 0.0105. The maximum atomic E-state index is 13.6. The van der Waals surface area contributed by atoms with Gasteiger partial charge in [0.05, 0.1) is 25.3 Å². The van der Waals surface area contributed by atoms with Gasteiger partial charge in [0.1, 0.15) is 42.0 Å². The number of nitrogens with two attached hydrogens (primary N) is 1. The first kappa shape index (κ1) is 50.2. The molecule has 1 fully saturated rings. The molecule has 1 aromatic heterocycles. The molecule has 13 N–H and O–H groups in total. The van der Waals surface area contributed by atoms with E-state index in [1.807, 2.05) is 0 Å². The average Bonchev–Trinajstić information content (AvgIpc) is 3.93. The van der Waals surface area contributed by atoms with Gasteiger partial charge in [0.15, 0.2) is 0 Å². The summed E-state index contributed by atoms with van der Waals surface area (Å²) in [6.45, 7) is 3.92. The van der Waals surface area contributed by atoms with E-state index in [4.69, 9.17) is 10.8 Å². The number of hydrogen-bond acceptors (Lipinski definition) is 13. The summed E-state index contributed by atoms with van der Waals surface area (Å²) < 4.78 is 0. The highest BCUT2D eigenvalue weighted by Crippen LogP contribution is 2.20. The number of carbonyl (C=O) groups is 10. The number of phenolic OH excluding ortho intramolecular Hbond substituents is 1. The van der Waals surface area contributed by atoms with E-state index in [1.165, 1.54) is 48.6 Å². The molecule has 24 heteroatoms. The number of benzene rings is 1. The second-order valence-corrected chi connectivity index (χ2v) is 15.2. The number of nitrogens with one attached hydrogen (secondary N) is 7. The van der Waals surface area contributed by atoms with Crippen molar-refractivity contribution < 1.29 is 68.4 Å². The number of H-pyrrole nitrogens is 1. The van der Waals surface area contributed by atoms with E-state index >= 15 is 0 Å². The third-order valence-corrected chi connectivity index (χ3v) is 9.87. The smallest absolute Gasteiger partial charge is 0.326 e. The molecule has 0 aliphatic carbocycles. The van der Waals surface area contributed by atoms with Gasteiger partial charge in [-0.1, -0.05) is 26.0 Å². The van der Waals surface area contributed by atoms with Crippen LogP contribution in [-0.4, -0.2) is 150 Å². The Morgan fingerprint density at radius 3 is 2.05 bits per heavy atom. The summed E-state index contributed by atoms with van der Waals surface area (Å²) in [4.78, 5) is 135. The first-order valence-corrected chi connectivity index (χ1v) is 19.9. The van der Waals surface area contributed by atoms with Crippen LogP contribution in [0.4, 0.5) is 0 Å². The largest absolute Gasteiger partial charge is 0.508 e. The molecule has 3 rings (SSSR count). The molecule has 0 saturated carbocycles. The van der Waals surface area contributed by atoms with Gasteiger partial charge in [-0.3, -0.25) is 43.2 Å². The molecule has 0 spiro atoms. The number of hydrogen-bond donors (Lipinski definition) is 12. The van der Waals surface area contributed by atoms with Crippen LogP contribution in [0.1, 0.15) is 64.1 Å². The molecule has 1 saturated heterocycles. The fourth-order valence-electron chi connectivity index (χ4n) is 6.50. The fraction of sp³-hybridized carbons (Fsp3) is 0.513. The van der Waals surface area contributed by atoms with Crippen molar-refractivity contribution in [1.82, 2.24) is 46.8 Å². The lowest BCUT2D eigenvalue weighted by Gasteiger charge is -2.30. The van der Waals surface area contributed by atoms with E-state index in [-0.39, 0.29) is 31.6 Å². The highest BCUT2D eigenvalue weighted by molar-refractivity contribution is 5.98. The van der Waals surface area contributed by atoms with Gasteiger partial charge in [-0.05, 0) is 49.8 Å². The van der Waals surface area contributed by atoms with Crippen molar-refractivity contribution in [2.45, 2.75) is 108 Å². The molecular formula is C39H54N10O14. The lowest BCUT2D eigenvalue weighted by molar-refractivity contribution is -0.144. The number of aromatic nitrogens is 2. The highest BCUT2D eigenvalue weighted by Gasteiger charge is 2.39. The summed E-state index contributed by atoms with van der Waals surface area (Å²) in [7, 11) is 0. The summed E-state index contributed by atoms with van der Waals surface area (Å²) in [6.07, 6.45) is 1.35. The van der Waals surface area contributed by atoms with Gasteiger partial charge in [-0.15, -0.1) is 0 Å². The highest BCUT2D eigenvalue weighted by atomic mass is 16.4. The van der Waals surface area contributed by atoms with E-state index < -0.39 is 133 Å². The molecule has 0 bridgehead atoms. The molecule has 63 heavy (non-hydrogen) atoms. The fourth-order valence-corrected chi connectivity index (χ4v) is 6.50. The number of carbonyl (C=O) groups excluding carboxylic acids is 7. The van der Waals surface area contributed by atoms with Gasteiger partial charge in [-0.2, -0.15) is 0 Å². The number of aromatic amines is 1. The first-order valence-electron chi connectivity index (χ1n) is 19.9. The average molecular weight is 887 g/mol. The Bertz CT molecular complexity index is 1980. The summed E-state index contributed by atoms with van der Waals surface area (Å²) in [6, 6.07) is -3.84. The Labute approximate surface area is 360 Å². The number of carboxylic acid groups (broad SMARTS) is 3. The minimum Gasteiger partial charge on any atom is -0.508 e. The predicted octanol–water partition coefficient (Wildman–Crippen LogP) is -3.14. The van der Waals surface area contributed by atoms with Crippen LogP contribution in [-0.2, 0) is 60.8 Å². The zero-order valence-electron chi connectivity index (χ0n) is 34.8. The zero-order chi connectivity index (χ0) is 47.0. The van der Waals surface area contributed by atoms with Crippen LogP contribution in [0.2, 0.25) is 0 Å². The SMILES string of the molecule is CC(C)[C@H](NC(=O)[C@@H]1CCCN1C(=O)[C@H](C)NC(=O)[C@H](CC(=O)O)NC(=O)[C@@H](N)Cc1cnc[nH]1)C(=O)NCC(=O)N[C@@H](Cc1ccc(O)cc1)C(=O)N[C@@H](CCC(=O)O)C(=O)O. The van der Waals surface area contributed by atoms with E-state index in [2.05, 4.69) is 41.9 Å². The minimum atomic E-state index is -1.61. The van der Waals surface area contributed by atoms with Crippen molar-refractivity contribution >= 4 is 59.3 Å². The number of likely N-dealkylation sites (tertiary alicyclic amines) is 1. The number of amides is 7. The number of carboxylic acids is 3. The monoisotopic (exact) mass is 886 g/mol. The molecule has 7 amide bonds. The van der Waals surface area contributed by atoms with Gasteiger partial charge in [-0.25, -0.2) is 9.78 Å². The molecule has 2 aromatic rings. The van der Waals surface area contributed by atoms with E-state index in [0.29, 0.717) is 17.7 Å². The van der Waals surface area contributed by atoms with Gasteiger partial charge in [0.2, 0.25) is 41.4 Å². The Morgan fingerprint density at radius 1 is 0.810 bits per heavy atom. The quantitative estimate of drug-likeness (QED) is 0.0496. The lowest BCUT2D eigenvalue weighted by atomic mass is 10.0. The number of aliphatic carboxylic acids is 3. The number of nitrogens with zero attached hydrogens (tertiary/aromatic N) is 2. The predicted molar refractivity (Wildman–Crippen MR) is 217 cm³/mol. The Kier molecular flexibility index (Phi) is 19.0. The van der Waals surface area contributed by atoms with Crippen LogP contribution >= 0.6 is 0 Å². The molecule has 0 radical (unpaired) electrons. The zero-order valence-corrected chi connectivity index (χ0v) is 34.8. The van der Waals surface area contributed by atoms with Crippen LogP contribution < -0.4 is 37.6 Å². The molecule has 0 unspecified atom stereocenters. The molecule has 1 aliphatic rings. The Hall–Kier alpha value is -7.11. The topological polar surface area (TPSA) is 382 Å². The summed E-state index contributed by atoms with van der Waals surface area (Å²) in [5.41, 5.74) is 6.89. The van der Waals surface area contributed by atoms with Crippen molar-refractivity contribution in [1.29, 1.82) is 0 Å².